The Balaban J connectivity index is 2.35. The fraction of sp³-hybridized carbons (Fsp3) is 0.154. The van der Waals surface area contributed by atoms with Crippen LogP contribution < -0.4 is 0 Å². The number of esters is 1. The smallest absolute Gasteiger partial charge is 0.357 e. The van der Waals surface area contributed by atoms with Crippen molar-refractivity contribution in [3.8, 4) is 0 Å². The van der Waals surface area contributed by atoms with Crippen LogP contribution in [0.4, 0.5) is 0 Å². The third kappa shape index (κ3) is 1.52. The first kappa shape index (κ1) is 10.7. The zero-order valence-corrected chi connectivity index (χ0v) is 9.71. The summed E-state index contributed by atoms with van der Waals surface area (Å²) in [6.45, 7) is 2.07. The Morgan fingerprint density at radius 3 is 3.00 bits per heavy atom. The van der Waals surface area contributed by atoms with E-state index < -0.39 is 5.97 Å². The van der Waals surface area contributed by atoms with Gasteiger partial charge in [-0.05, 0) is 19.1 Å². The number of nitrogens with zero attached hydrogens (tertiary/aromatic N) is 2. The second-order valence-corrected chi connectivity index (χ2v) is 3.73. The number of carbonyl (C=O) groups excluding carboxylic acids is 1. The van der Waals surface area contributed by atoms with Crippen LogP contribution in [0, 0.1) is 0 Å². The van der Waals surface area contributed by atoms with E-state index in [1.165, 1.54) is 6.20 Å². The van der Waals surface area contributed by atoms with Crippen LogP contribution in [0.1, 0.15) is 17.4 Å². The Kier molecular flexibility index (Phi) is 2.44. The molecule has 0 radical (unpaired) electrons. The molecule has 3 heterocycles. The highest BCUT2D eigenvalue weighted by molar-refractivity contribution is 6.13. The highest BCUT2D eigenvalue weighted by Gasteiger charge is 2.18. The van der Waals surface area contributed by atoms with Crippen molar-refractivity contribution in [2.24, 2.45) is 0 Å². The maximum absolute atomic E-state index is 11.9. The van der Waals surface area contributed by atoms with Crippen molar-refractivity contribution >= 4 is 27.9 Å². The summed E-state index contributed by atoms with van der Waals surface area (Å²) in [5.41, 5.74) is 1.55. The van der Waals surface area contributed by atoms with Crippen LogP contribution in [0.5, 0.6) is 0 Å². The highest BCUT2D eigenvalue weighted by atomic mass is 16.5. The van der Waals surface area contributed by atoms with Gasteiger partial charge < -0.3 is 9.15 Å². The van der Waals surface area contributed by atoms with Gasteiger partial charge in [-0.3, -0.25) is 4.98 Å². The molecular formula is C13H10N2O3. The Bertz CT molecular complexity index is 733. The van der Waals surface area contributed by atoms with Gasteiger partial charge in [-0.2, -0.15) is 0 Å². The summed E-state index contributed by atoms with van der Waals surface area (Å²) in [6, 6.07) is 3.47. The summed E-state index contributed by atoms with van der Waals surface area (Å²) in [6.07, 6.45) is 4.83. The molecule has 3 aromatic heterocycles. The van der Waals surface area contributed by atoms with Crippen LogP contribution in [0.25, 0.3) is 21.9 Å². The monoisotopic (exact) mass is 242 g/mol. The number of ether oxygens (including phenoxy) is 1. The van der Waals surface area contributed by atoms with Gasteiger partial charge in [0.25, 0.3) is 0 Å². The van der Waals surface area contributed by atoms with Crippen LogP contribution in [0.3, 0.4) is 0 Å². The predicted octanol–water partition coefficient (Wildman–Crippen LogP) is 2.55. The minimum Gasteiger partial charge on any atom is -0.461 e. The minimum atomic E-state index is -0.449. The standard InChI is InChI=1S/C13H10N2O3/c1-2-17-13(16)12-11-8-7-14-5-3-9(8)18-10(11)4-6-15-12/h3-7H,2H2,1H3. The molecule has 0 aliphatic rings. The molecule has 0 spiro atoms. The molecule has 0 aliphatic carbocycles. The molecular weight excluding hydrogens is 232 g/mol. The van der Waals surface area contributed by atoms with Crippen LogP contribution >= 0.6 is 0 Å². The first-order valence-corrected chi connectivity index (χ1v) is 5.59. The Morgan fingerprint density at radius 2 is 2.17 bits per heavy atom. The summed E-state index contributed by atoms with van der Waals surface area (Å²) < 4.78 is 10.6. The molecule has 0 saturated carbocycles. The number of carbonyl (C=O) groups is 1. The maximum atomic E-state index is 11.9. The number of hydrogen-bond acceptors (Lipinski definition) is 5. The molecule has 0 amide bonds. The summed E-state index contributed by atoms with van der Waals surface area (Å²) in [4.78, 5) is 20.0. The van der Waals surface area contributed by atoms with E-state index >= 15 is 0 Å². The fourth-order valence-corrected chi connectivity index (χ4v) is 1.92. The molecule has 5 heteroatoms. The zero-order valence-electron chi connectivity index (χ0n) is 9.71. The summed E-state index contributed by atoms with van der Waals surface area (Å²) >= 11 is 0. The van der Waals surface area contributed by atoms with Crippen molar-refractivity contribution < 1.29 is 13.9 Å². The largest absolute Gasteiger partial charge is 0.461 e. The summed E-state index contributed by atoms with van der Waals surface area (Å²) in [5, 5.41) is 1.42. The van der Waals surface area contributed by atoms with Gasteiger partial charge in [0.2, 0.25) is 0 Å². The Labute approximate surface area is 102 Å². The number of rotatable bonds is 2. The quantitative estimate of drug-likeness (QED) is 0.646. The molecule has 3 rings (SSSR count). The van der Waals surface area contributed by atoms with E-state index in [9.17, 15) is 4.79 Å². The number of aromatic nitrogens is 2. The van der Waals surface area contributed by atoms with E-state index in [1.54, 1.807) is 31.5 Å². The lowest BCUT2D eigenvalue weighted by atomic mass is 10.2. The minimum absolute atomic E-state index is 0.265. The lowest BCUT2D eigenvalue weighted by molar-refractivity contribution is 0.0522. The van der Waals surface area contributed by atoms with E-state index in [1.807, 2.05) is 0 Å². The van der Waals surface area contributed by atoms with Gasteiger partial charge in [-0.25, -0.2) is 9.78 Å². The molecule has 0 unspecified atom stereocenters. The third-order valence-corrected chi connectivity index (χ3v) is 2.65. The van der Waals surface area contributed by atoms with Crippen molar-refractivity contribution in [1.82, 2.24) is 9.97 Å². The summed E-state index contributed by atoms with van der Waals surface area (Å²) in [7, 11) is 0. The highest BCUT2D eigenvalue weighted by Crippen LogP contribution is 2.29. The second-order valence-electron chi connectivity index (χ2n) is 3.73. The van der Waals surface area contributed by atoms with Crippen LogP contribution in [0.15, 0.2) is 35.1 Å². The number of fused-ring (bicyclic) bond motifs is 3. The van der Waals surface area contributed by atoms with Gasteiger partial charge in [0.1, 0.15) is 11.2 Å². The van der Waals surface area contributed by atoms with Crippen molar-refractivity contribution in [3.63, 3.8) is 0 Å². The normalized spacial score (nSPS) is 10.9. The van der Waals surface area contributed by atoms with Crippen molar-refractivity contribution in [1.29, 1.82) is 0 Å². The van der Waals surface area contributed by atoms with E-state index in [-0.39, 0.29) is 5.69 Å². The topological polar surface area (TPSA) is 65.2 Å². The molecule has 90 valence electrons. The molecule has 0 atom stereocenters. The average Bonchev–Trinajstić information content (AvgIpc) is 2.77. The average molecular weight is 242 g/mol. The first-order chi connectivity index (χ1) is 8.81. The Morgan fingerprint density at radius 1 is 1.33 bits per heavy atom. The Hall–Kier alpha value is -2.43. The lowest BCUT2D eigenvalue weighted by Crippen LogP contribution is -2.07. The van der Waals surface area contributed by atoms with Gasteiger partial charge in [0.05, 0.1) is 12.0 Å². The molecule has 0 bridgehead atoms. The third-order valence-electron chi connectivity index (χ3n) is 2.65. The summed E-state index contributed by atoms with van der Waals surface area (Å²) in [5.74, 6) is -0.449. The van der Waals surface area contributed by atoms with E-state index in [4.69, 9.17) is 9.15 Å². The number of hydrogen-bond donors (Lipinski definition) is 0. The zero-order chi connectivity index (χ0) is 12.5. The van der Waals surface area contributed by atoms with Crippen LogP contribution in [-0.2, 0) is 4.74 Å². The molecule has 0 saturated heterocycles. The fourth-order valence-electron chi connectivity index (χ4n) is 1.92. The van der Waals surface area contributed by atoms with Gasteiger partial charge in [-0.1, -0.05) is 0 Å². The second kappa shape index (κ2) is 4.10. The van der Waals surface area contributed by atoms with Crippen LogP contribution in [-0.4, -0.2) is 22.5 Å². The molecule has 0 fully saturated rings. The van der Waals surface area contributed by atoms with Gasteiger partial charge in [0, 0.05) is 24.0 Å². The molecule has 0 aromatic carbocycles. The predicted molar refractivity (Wildman–Crippen MR) is 65.3 cm³/mol. The van der Waals surface area contributed by atoms with Crippen molar-refractivity contribution in [2.75, 3.05) is 6.61 Å². The van der Waals surface area contributed by atoms with Crippen molar-refractivity contribution in [2.45, 2.75) is 6.92 Å². The van der Waals surface area contributed by atoms with Crippen molar-refractivity contribution in [3.05, 3.63) is 36.4 Å². The SMILES string of the molecule is CCOC(=O)c1nccc2oc3ccncc3c12. The van der Waals surface area contributed by atoms with E-state index in [0.29, 0.717) is 23.2 Å². The molecule has 0 N–H and O–H groups in total. The lowest BCUT2D eigenvalue weighted by Gasteiger charge is -2.01. The molecule has 5 nitrogen and oxygen atoms in total. The molecule has 0 aliphatic heterocycles. The first-order valence-electron chi connectivity index (χ1n) is 5.59. The molecule has 18 heavy (non-hydrogen) atoms. The number of pyridine rings is 2. The van der Waals surface area contributed by atoms with Crippen LogP contribution in [0.2, 0.25) is 0 Å². The van der Waals surface area contributed by atoms with E-state index in [2.05, 4.69) is 9.97 Å². The maximum Gasteiger partial charge on any atom is 0.357 e. The van der Waals surface area contributed by atoms with Gasteiger partial charge in [0.15, 0.2) is 5.69 Å². The molecule has 3 aromatic rings. The number of furan rings is 1. The van der Waals surface area contributed by atoms with Gasteiger partial charge >= 0.3 is 5.97 Å². The van der Waals surface area contributed by atoms with E-state index in [0.717, 1.165) is 5.39 Å². The van der Waals surface area contributed by atoms with Gasteiger partial charge in [-0.15, -0.1) is 0 Å².